The van der Waals surface area contributed by atoms with Gasteiger partial charge in [0.1, 0.15) is 0 Å². The molecule has 0 N–H and O–H groups in total. The predicted octanol–water partition coefficient (Wildman–Crippen LogP) is 2.42. The lowest BCUT2D eigenvalue weighted by atomic mass is 10.1. The van der Waals surface area contributed by atoms with Gasteiger partial charge in [0.2, 0.25) is 5.91 Å². The summed E-state index contributed by atoms with van der Waals surface area (Å²) in [4.78, 5) is 13.3. The summed E-state index contributed by atoms with van der Waals surface area (Å²) in [7, 11) is 1.89. The maximum atomic E-state index is 11.4. The first-order chi connectivity index (χ1) is 5.67. The highest BCUT2D eigenvalue weighted by Gasteiger charge is 2.15. The largest absolute Gasteiger partial charge is 0.343 e. The maximum absolute atomic E-state index is 11.4. The second-order valence-electron chi connectivity index (χ2n) is 2.91. The van der Waals surface area contributed by atoms with Gasteiger partial charge in [-0.1, -0.05) is 29.8 Å². The molecule has 3 heteroatoms. The molecular formula is C9H18BrNO. The summed E-state index contributed by atoms with van der Waals surface area (Å²) in [6.07, 6.45) is 2.69. The normalized spacial score (nSPS) is 10.4. The van der Waals surface area contributed by atoms with Crippen LogP contribution in [0.25, 0.3) is 0 Å². The molecule has 0 aromatic carbocycles. The van der Waals surface area contributed by atoms with Gasteiger partial charge in [-0.05, 0) is 12.8 Å². The van der Waals surface area contributed by atoms with Crippen molar-refractivity contribution in [2.75, 3.05) is 12.4 Å². The van der Waals surface area contributed by atoms with E-state index in [1.807, 2.05) is 11.9 Å². The Kier molecular flexibility index (Phi) is 6.44. The van der Waals surface area contributed by atoms with Crippen molar-refractivity contribution in [1.29, 1.82) is 0 Å². The minimum atomic E-state index is 0.237. The van der Waals surface area contributed by atoms with Crippen LogP contribution >= 0.6 is 15.9 Å². The first kappa shape index (κ1) is 11.9. The number of nitrogens with zero attached hydrogens (tertiary/aromatic N) is 1. The maximum Gasteiger partial charge on any atom is 0.223 e. The molecule has 0 bridgehead atoms. The zero-order chi connectivity index (χ0) is 9.56. The standard InChI is InChI=1S/C9H18BrNO/c1-4-8(5-2)11(3)9(12)6-7-10/h8H,4-7H2,1-3H3. The molecule has 2 nitrogen and oxygen atoms in total. The average molecular weight is 236 g/mol. The lowest BCUT2D eigenvalue weighted by Gasteiger charge is -2.26. The molecule has 0 radical (unpaired) electrons. The summed E-state index contributed by atoms with van der Waals surface area (Å²) in [6, 6.07) is 0.413. The van der Waals surface area contributed by atoms with Crippen LogP contribution in [0.2, 0.25) is 0 Å². The predicted molar refractivity (Wildman–Crippen MR) is 55.6 cm³/mol. The van der Waals surface area contributed by atoms with Gasteiger partial charge in [-0.3, -0.25) is 4.79 Å². The van der Waals surface area contributed by atoms with Crippen LogP contribution in [0.3, 0.4) is 0 Å². The monoisotopic (exact) mass is 235 g/mol. The van der Waals surface area contributed by atoms with Crippen LogP contribution in [0.4, 0.5) is 0 Å². The van der Waals surface area contributed by atoms with Gasteiger partial charge >= 0.3 is 0 Å². The molecule has 72 valence electrons. The number of amides is 1. The van der Waals surface area contributed by atoms with Gasteiger partial charge in [-0.15, -0.1) is 0 Å². The number of hydrogen-bond donors (Lipinski definition) is 0. The number of rotatable bonds is 5. The Balaban J connectivity index is 3.96. The lowest BCUT2D eigenvalue weighted by molar-refractivity contribution is -0.131. The van der Waals surface area contributed by atoms with Crippen LogP contribution in [0.15, 0.2) is 0 Å². The van der Waals surface area contributed by atoms with Gasteiger partial charge in [-0.25, -0.2) is 0 Å². The summed E-state index contributed by atoms with van der Waals surface area (Å²) in [6.45, 7) is 4.23. The first-order valence-electron chi connectivity index (χ1n) is 4.48. The van der Waals surface area contributed by atoms with E-state index in [0.717, 1.165) is 18.2 Å². The van der Waals surface area contributed by atoms with Gasteiger partial charge in [0.15, 0.2) is 0 Å². The molecule has 0 saturated heterocycles. The van der Waals surface area contributed by atoms with Crippen molar-refractivity contribution >= 4 is 21.8 Å². The van der Waals surface area contributed by atoms with Crippen LogP contribution in [-0.4, -0.2) is 29.2 Å². The van der Waals surface area contributed by atoms with Crippen molar-refractivity contribution in [3.63, 3.8) is 0 Å². The van der Waals surface area contributed by atoms with Crippen molar-refractivity contribution in [3.05, 3.63) is 0 Å². The molecule has 0 fully saturated rings. The lowest BCUT2D eigenvalue weighted by Crippen LogP contribution is -2.36. The van der Waals surface area contributed by atoms with E-state index < -0.39 is 0 Å². The van der Waals surface area contributed by atoms with Crippen LogP contribution in [0, 0.1) is 0 Å². The minimum absolute atomic E-state index is 0.237. The molecule has 0 aliphatic carbocycles. The van der Waals surface area contributed by atoms with E-state index in [0.29, 0.717) is 12.5 Å². The number of carbonyl (C=O) groups is 1. The van der Waals surface area contributed by atoms with Crippen LogP contribution in [0.1, 0.15) is 33.1 Å². The van der Waals surface area contributed by atoms with Gasteiger partial charge in [0.25, 0.3) is 0 Å². The number of hydrogen-bond acceptors (Lipinski definition) is 1. The van der Waals surface area contributed by atoms with Gasteiger partial charge in [0, 0.05) is 24.8 Å². The molecule has 0 aliphatic rings. The Bertz CT molecular complexity index is 134. The van der Waals surface area contributed by atoms with Gasteiger partial charge in [0.05, 0.1) is 0 Å². The third-order valence-corrected chi connectivity index (χ3v) is 2.59. The van der Waals surface area contributed by atoms with Crippen molar-refractivity contribution in [1.82, 2.24) is 4.90 Å². The first-order valence-corrected chi connectivity index (χ1v) is 5.61. The summed E-state index contributed by atoms with van der Waals surface area (Å²) < 4.78 is 0. The van der Waals surface area contributed by atoms with Gasteiger partial charge < -0.3 is 4.90 Å². The van der Waals surface area contributed by atoms with E-state index in [9.17, 15) is 4.79 Å². The summed E-state index contributed by atoms with van der Waals surface area (Å²) in [5, 5.41) is 0.760. The van der Waals surface area contributed by atoms with E-state index in [1.165, 1.54) is 0 Å². The van der Waals surface area contributed by atoms with Gasteiger partial charge in [-0.2, -0.15) is 0 Å². The van der Waals surface area contributed by atoms with Crippen molar-refractivity contribution in [3.8, 4) is 0 Å². The van der Waals surface area contributed by atoms with Crippen LogP contribution < -0.4 is 0 Å². The van der Waals surface area contributed by atoms with E-state index in [2.05, 4.69) is 29.8 Å². The van der Waals surface area contributed by atoms with E-state index in [4.69, 9.17) is 0 Å². The zero-order valence-electron chi connectivity index (χ0n) is 8.14. The number of alkyl halides is 1. The Morgan fingerprint density at radius 3 is 2.25 bits per heavy atom. The van der Waals surface area contributed by atoms with E-state index in [-0.39, 0.29) is 5.91 Å². The molecule has 12 heavy (non-hydrogen) atoms. The topological polar surface area (TPSA) is 20.3 Å². The second-order valence-corrected chi connectivity index (χ2v) is 3.71. The second kappa shape index (κ2) is 6.46. The molecule has 0 heterocycles. The zero-order valence-corrected chi connectivity index (χ0v) is 9.73. The third kappa shape index (κ3) is 3.57. The van der Waals surface area contributed by atoms with Crippen molar-refractivity contribution in [2.24, 2.45) is 0 Å². The minimum Gasteiger partial charge on any atom is -0.343 e. The van der Waals surface area contributed by atoms with E-state index >= 15 is 0 Å². The van der Waals surface area contributed by atoms with Crippen LogP contribution in [0.5, 0.6) is 0 Å². The molecule has 0 saturated carbocycles. The van der Waals surface area contributed by atoms with E-state index in [1.54, 1.807) is 0 Å². The molecule has 1 amide bonds. The molecule has 0 unspecified atom stereocenters. The summed E-state index contributed by atoms with van der Waals surface area (Å²) >= 11 is 3.26. The number of carbonyl (C=O) groups excluding carboxylic acids is 1. The van der Waals surface area contributed by atoms with Crippen molar-refractivity contribution < 1.29 is 4.79 Å². The number of halogens is 1. The smallest absolute Gasteiger partial charge is 0.223 e. The molecule has 0 rings (SSSR count). The Labute approximate surface area is 83.4 Å². The SMILES string of the molecule is CCC(CC)N(C)C(=O)CCBr. The highest BCUT2D eigenvalue weighted by Crippen LogP contribution is 2.07. The van der Waals surface area contributed by atoms with Crippen molar-refractivity contribution in [2.45, 2.75) is 39.2 Å². The fourth-order valence-electron chi connectivity index (χ4n) is 1.30. The molecule has 0 spiro atoms. The highest BCUT2D eigenvalue weighted by atomic mass is 79.9. The fraction of sp³-hybridized carbons (Fsp3) is 0.889. The Morgan fingerprint density at radius 2 is 1.92 bits per heavy atom. The Morgan fingerprint density at radius 1 is 1.42 bits per heavy atom. The highest BCUT2D eigenvalue weighted by molar-refractivity contribution is 9.09. The molecule has 0 aromatic rings. The molecule has 0 aliphatic heterocycles. The quantitative estimate of drug-likeness (QED) is 0.671. The fourth-order valence-corrected chi connectivity index (χ4v) is 1.64. The molecule has 0 aromatic heterocycles. The third-order valence-electron chi connectivity index (χ3n) is 2.19. The molecule has 0 atom stereocenters. The average Bonchev–Trinajstić information content (AvgIpc) is 2.07. The molecular weight excluding hydrogens is 218 g/mol. The van der Waals surface area contributed by atoms with Crippen LogP contribution in [-0.2, 0) is 4.79 Å². The summed E-state index contributed by atoms with van der Waals surface area (Å²) in [5.74, 6) is 0.237. The summed E-state index contributed by atoms with van der Waals surface area (Å²) in [5.41, 5.74) is 0. The Hall–Kier alpha value is -0.0500.